The Morgan fingerprint density at radius 2 is 1.59 bits per heavy atom. The lowest BCUT2D eigenvalue weighted by Gasteiger charge is -2.38. The van der Waals surface area contributed by atoms with Gasteiger partial charge in [-0.2, -0.15) is 4.98 Å². The fourth-order valence-electron chi connectivity index (χ4n) is 7.33. The number of fused-ring (bicyclic) bond motifs is 1. The van der Waals surface area contributed by atoms with Gasteiger partial charge in [0.05, 0.1) is 5.39 Å². The Balaban J connectivity index is 1.49. The molecule has 2 aromatic heterocycles. The third-order valence-electron chi connectivity index (χ3n) is 10.2. The average molecular weight is 641 g/mol. The van der Waals surface area contributed by atoms with E-state index in [2.05, 4.69) is 110 Å². The van der Waals surface area contributed by atoms with Gasteiger partial charge in [-0.15, -0.1) is 5.54 Å². The van der Waals surface area contributed by atoms with Crippen LogP contribution in [-0.4, -0.2) is 80.3 Å². The summed E-state index contributed by atoms with van der Waals surface area (Å²) in [6, 6.07) is 10.4. The van der Waals surface area contributed by atoms with Crippen LogP contribution in [0.15, 0.2) is 36.5 Å². The van der Waals surface area contributed by atoms with E-state index in [1.807, 2.05) is 12.3 Å². The molecule has 3 aromatic rings. The number of nitrogens with zero attached hydrogens (tertiary/aromatic N) is 6. The van der Waals surface area contributed by atoms with E-state index in [0.29, 0.717) is 34.0 Å². The van der Waals surface area contributed by atoms with Gasteiger partial charge in [0.2, 0.25) is 5.95 Å². The molecule has 5 rings (SSSR count). The summed E-state index contributed by atoms with van der Waals surface area (Å²) in [6.45, 7) is 18.1. The Morgan fingerprint density at radius 3 is 2.20 bits per heavy atom. The molecule has 2 N–H and O–H groups in total. The molecule has 1 aliphatic carbocycles. The third kappa shape index (κ3) is 7.31. The number of urea groups is 1. The second-order valence-electron chi connectivity index (χ2n) is 14.1. The summed E-state index contributed by atoms with van der Waals surface area (Å²) < 4.78 is 0. The van der Waals surface area contributed by atoms with Crippen LogP contribution in [0.1, 0.15) is 72.8 Å². The van der Waals surface area contributed by atoms with Crippen molar-refractivity contribution in [2.75, 3.05) is 55.4 Å². The van der Waals surface area contributed by atoms with Gasteiger partial charge in [-0.25, -0.2) is 14.8 Å². The topological polar surface area (TPSA) is 89.5 Å². The van der Waals surface area contributed by atoms with E-state index < -0.39 is 8.07 Å². The minimum absolute atomic E-state index is 0.152. The Kier molecular flexibility index (Phi) is 10.5. The molecule has 0 unspecified atom stereocenters. The molecule has 9 nitrogen and oxygen atoms in total. The molecule has 46 heavy (non-hydrogen) atoms. The molecule has 1 saturated carbocycles. The highest BCUT2D eigenvalue weighted by molar-refractivity contribution is 6.90. The molecular formula is C36H52N8OSi. The summed E-state index contributed by atoms with van der Waals surface area (Å²) in [7, 11) is 1.94. The van der Waals surface area contributed by atoms with E-state index in [0.717, 1.165) is 68.5 Å². The summed E-state index contributed by atoms with van der Waals surface area (Å²) in [5.74, 6) is 4.58. The monoisotopic (exact) mass is 640 g/mol. The Morgan fingerprint density at radius 1 is 0.957 bits per heavy atom. The summed E-state index contributed by atoms with van der Waals surface area (Å²) >= 11 is 0. The molecule has 0 bridgehead atoms. The van der Waals surface area contributed by atoms with Crippen molar-refractivity contribution in [3.8, 4) is 11.5 Å². The number of carbonyl (C=O) groups excluding carboxylic acids is 1. The number of hydrogen-bond donors (Lipinski definition) is 2. The molecule has 1 aliphatic heterocycles. The van der Waals surface area contributed by atoms with Gasteiger partial charge >= 0.3 is 6.03 Å². The summed E-state index contributed by atoms with van der Waals surface area (Å²) in [5.41, 5.74) is 8.80. The van der Waals surface area contributed by atoms with Crippen molar-refractivity contribution in [3.05, 3.63) is 42.1 Å². The first kappa shape index (κ1) is 33.7. The molecular weight excluding hydrogens is 589 g/mol. The largest absolute Gasteiger partial charge is 0.369 e. The van der Waals surface area contributed by atoms with Crippen molar-refractivity contribution in [2.45, 2.75) is 89.9 Å². The first-order valence-electron chi connectivity index (χ1n) is 17.0. The van der Waals surface area contributed by atoms with Crippen molar-refractivity contribution in [3.63, 3.8) is 0 Å². The zero-order valence-electron chi connectivity index (χ0n) is 29.0. The highest BCUT2D eigenvalue weighted by Gasteiger charge is 2.41. The maximum Gasteiger partial charge on any atom is 0.323 e. The zero-order chi connectivity index (χ0) is 33.0. The average Bonchev–Trinajstić information content (AvgIpc) is 3.54. The van der Waals surface area contributed by atoms with Gasteiger partial charge in [0.1, 0.15) is 13.9 Å². The van der Waals surface area contributed by atoms with Gasteiger partial charge in [-0.1, -0.05) is 60.3 Å². The number of anilines is 4. The lowest BCUT2D eigenvalue weighted by molar-refractivity contribution is 0.243. The molecule has 246 valence electrons. The van der Waals surface area contributed by atoms with Gasteiger partial charge in [-0.05, 0) is 66.8 Å². The van der Waals surface area contributed by atoms with Crippen LogP contribution in [-0.2, 0) is 0 Å². The van der Waals surface area contributed by atoms with Crippen LogP contribution in [0, 0.1) is 11.5 Å². The minimum Gasteiger partial charge on any atom is -0.369 e. The number of likely N-dealkylation sites (N-methyl/N-ethyl adjacent to an activating group) is 1. The summed E-state index contributed by atoms with van der Waals surface area (Å²) in [6.07, 6.45) is 6.16. The Labute approximate surface area is 276 Å². The maximum atomic E-state index is 13.3. The molecule has 1 aromatic carbocycles. The molecule has 0 spiro atoms. The van der Waals surface area contributed by atoms with Crippen molar-refractivity contribution in [1.29, 1.82) is 0 Å². The van der Waals surface area contributed by atoms with Crippen LogP contribution >= 0.6 is 0 Å². The number of rotatable bonds is 8. The number of piperazine rings is 1. The fourth-order valence-corrected chi connectivity index (χ4v) is 12.6. The van der Waals surface area contributed by atoms with Gasteiger partial charge in [0, 0.05) is 62.4 Å². The number of hydrogen-bond acceptors (Lipinski definition) is 7. The molecule has 0 radical (unpaired) electrons. The molecule has 10 heteroatoms. The highest BCUT2D eigenvalue weighted by Crippen LogP contribution is 2.41. The van der Waals surface area contributed by atoms with Gasteiger partial charge in [0.15, 0.2) is 5.65 Å². The molecule has 2 amide bonds. The van der Waals surface area contributed by atoms with Crippen LogP contribution in [0.3, 0.4) is 0 Å². The summed E-state index contributed by atoms with van der Waals surface area (Å²) in [4.78, 5) is 34.1. The highest BCUT2D eigenvalue weighted by atomic mass is 28.3. The van der Waals surface area contributed by atoms with Crippen LogP contribution in [0.5, 0.6) is 0 Å². The fraction of sp³-hybridized carbons (Fsp3) is 0.556. The summed E-state index contributed by atoms with van der Waals surface area (Å²) in [5, 5.41) is 7.34. The van der Waals surface area contributed by atoms with E-state index in [1.165, 1.54) is 5.69 Å². The first-order valence-corrected chi connectivity index (χ1v) is 19.3. The SMILES string of the molecule is CC(C)[Si](C#Cc1cc(N(C)C(=O)NC2CCCC2)nc2nc(Nc3ccc(N4CCN(C)CC4)cc3)ncc12)(C(C)C)C(C)C. The first-order chi connectivity index (χ1) is 22.0. The second-order valence-corrected chi connectivity index (χ2v) is 19.6. The quantitative estimate of drug-likeness (QED) is 0.199. The van der Waals surface area contributed by atoms with Gasteiger partial charge in [-0.3, -0.25) is 4.90 Å². The number of nitrogens with one attached hydrogen (secondary N) is 2. The van der Waals surface area contributed by atoms with E-state index in [-0.39, 0.29) is 12.1 Å². The van der Waals surface area contributed by atoms with Crippen LogP contribution < -0.4 is 20.4 Å². The van der Waals surface area contributed by atoms with E-state index in [1.54, 1.807) is 11.9 Å². The van der Waals surface area contributed by atoms with Crippen molar-refractivity contribution < 1.29 is 4.79 Å². The van der Waals surface area contributed by atoms with Crippen LogP contribution in [0.2, 0.25) is 16.6 Å². The number of amides is 2. The molecule has 0 atom stereocenters. The predicted molar refractivity (Wildman–Crippen MR) is 194 cm³/mol. The van der Waals surface area contributed by atoms with Crippen molar-refractivity contribution in [2.24, 2.45) is 0 Å². The maximum absolute atomic E-state index is 13.3. The Hall–Kier alpha value is -3.68. The predicted octanol–water partition coefficient (Wildman–Crippen LogP) is 7.18. The molecule has 2 fully saturated rings. The third-order valence-corrected chi connectivity index (χ3v) is 16.4. The lowest BCUT2D eigenvalue weighted by Crippen LogP contribution is -2.44. The van der Waals surface area contributed by atoms with Crippen molar-refractivity contribution >= 4 is 48.3 Å². The molecule has 2 aliphatic rings. The Bertz CT molecular complexity index is 1540. The molecule has 1 saturated heterocycles. The standard InChI is InChI=1S/C36H52N8OSi/c1-25(2)46(26(3)4,27(5)6)22-17-28-23-33(43(8)36(45)39-29-11-9-10-12-29)40-34-32(28)24-37-35(41-34)38-30-13-15-31(16-14-30)44-20-18-42(7)19-21-44/h13-16,23-27,29H,9-12,18-21H2,1-8H3,(H,39,45)(H,37,38,40,41). The van der Waals surface area contributed by atoms with E-state index in [4.69, 9.17) is 9.97 Å². The van der Waals surface area contributed by atoms with Crippen molar-refractivity contribution in [1.82, 2.24) is 25.2 Å². The van der Waals surface area contributed by atoms with E-state index >= 15 is 0 Å². The zero-order valence-corrected chi connectivity index (χ0v) is 30.0. The second kappa shape index (κ2) is 14.4. The normalized spacial score (nSPS) is 16.3. The minimum atomic E-state index is -2.01. The lowest BCUT2D eigenvalue weighted by atomic mass is 10.2. The van der Waals surface area contributed by atoms with Gasteiger partial charge < -0.3 is 20.4 Å². The number of pyridine rings is 1. The van der Waals surface area contributed by atoms with Gasteiger partial charge in [0.25, 0.3) is 0 Å². The number of benzene rings is 1. The van der Waals surface area contributed by atoms with E-state index in [9.17, 15) is 4.79 Å². The molecule has 3 heterocycles. The number of carbonyl (C=O) groups is 1. The van der Waals surface area contributed by atoms with Crippen LogP contribution in [0.25, 0.3) is 11.0 Å². The van der Waals surface area contributed by atoms with Crippen LogP contribution in [0.4, 0.5) is 27.9 Å². The number of aromatic nitrogens is 3. The smallest absolute Gasteiger partial charge is 0.323 e.